The molecule has 4 rings (SSSR count). The predicted octanol–water partition coefficient (Wildman–Crippen LogP) is 3.25. The van der Waals surface area contributed by atoms with Crippen LogP contribution < -0.4 is 0 Å². The molecule has 4 heteroatoms. The Morgan fingerprint density at radius 2 is 1.96 bits per heavy atom. The average Bonchev–Trinajstić information content (AvgIpc) is 3.40. The molecule has 0 aromatic heterocycles. The Morgan fingerprint density at radius 1 is 1.16 bits per heavy atom. The lowest BCUT2D eigenvalue weighted by Crippen LogP contribution is -2.37. The van der Waals surface area contributed by atoms with Crippen molar-refractivity contribution in [1.29, 1.82) is 0 Å². The van der Waals surface area contributed by atoms with Gasteiger partial charge in [-0.05, 0) is 63.5 Å². The van der Waals surface area contributed by atoms with Gasteiger partial charge in [-0.25, -0.2) is 0 Å². The van der Waals surface area contributed by atoms with Crippen molar-refractivity contribution in [2.45, 2.75) is 45.4 Å². The van der Waals surface area contributed by atoms with E-state index in [2.05, 4.69) is 4.90 Å². The van der Waals surface area contributed by atoms with Gasteiger partial charge in [0, 0.05) is 31.7 Å². The normalized spacial score (nSPS) is 27.0. The molecule has 2 amide bonds. The van der Waals surface area contributed by atoms with E-state index in [1.54, 1.807) is 0 Å². The van der Waals surface area contributed by atoms with Gasteiger partial charge in [-0.2, -0.15) is 0 Å². The molecule has 0 unspecified atom stereocenters. The van der Waals surface area contributed by atoms with E-state index in [-0.39, 0.29) is 11.3 Å². The molecule has 4 nitrogen and oxygen atoms in total. The van der Waals surface area contributed by atoms with Gasteiger partial charge in [0.1, 0.15) is 0 Å². The number of nitrogens with zero attached hydrogens (tertiary/aromatic N) is 2. The molecule has 1 aromatic carbocycles. The Morgan fingerprint density at radius 3 is 2.72 bits per heavy atom. The number of benzene rings is 1. The van der Waals surface area contributed by atoms with Crippen molar-refractivity contribution < 1.29 is 9.59 Å². The molecule has 1 saturated carbocycles. The van der Waals surface area contributed by atoms with Crippen LogP contribution in [0.5, 0.6) is 0 Å². The molecule has 0 radical (unpaired) electrons. The molecule has 2 aliphatic heterocycles. The van der Waals surface area contributed by atoms with Gasteiger partial charge in [-0.3, -0.25) is 9.59 Å². The SMILES string of the molecule is Cc1cccc(C(=O)N2CCC[C@]3(CC2)CCN(CC2CC2)C3=O)c1. The van der Waals surface area contributed by atoms with Gasteiger partial charge in [0.25, 0.3) is 5.91 Å². The van der Waals surface area contributed by atoms with Gasteiger partial charge in [-0.15, -0.1) is 0 Å². The van der Waals surface area contributed by atoms with E-state index in [0.29, 0.717) is 12.5 Å². The van der Waals surface area contributed by atoms with Gasteiger partial charge in [0.15, 0.2) is 0 Å². The Hall–Kier alpha value is -1.84. The van der Waals surface area contributed by atoms with Crippen LogP contribution in [0.3, 0.4) is 0 Å². The van der Waals surface area contributed by atoms with Crippen molar-refractivity contribution in [3.63, 3.8) is 0 Å². The zero-order valence-electron chi connectivity index (χ0n) is 15.2. The first-order valence-corrected chi connectivity index (χ1v) is 9.73. The fourth-order valence-corrected chi connectivity index (χ4v) is 4.50. The number of hydrogen-bond donors (Lipinski definition) is 0. The van der Waals surface area contributed by atoms with Crippen LogP contribution in [0.15, 0.2) is 24.3 Å². The molecule has 2 saturated heterocycles. The van der Waals surface area contributed by atoms with E-state index in [9.17, 15) is 9.59 Å². The van der Waals surface area contributed by atoms with Crippen LogP contribution in [-0.2, 0) is 4.79 Å². The number of aryl methyl sites for hydroxylation is 1. The van der Waals surface area contributed by atoms with Crippen molar-refractivity contribution in [3.8, 4) is 0 Å². The minimum absolute atomic E-state index is 0.112. The third kappa shape index (κ3) is 3.31. The van der Waals surface area contributed by atoms with Crippen molar-refractivity contribution >= 4 is 11.8 Å². The first-order valence-electron chi connectivity index (χ1n) is 9.73. The number of hydrogen-bond acceptors (Lipinski definition) is 2. The highest BCUT2D eigenvalue weighted by Crippen LogP contribution is 2.43. The summed E-state index contributed by atoms with van der Waals surface area (Å²) >= 11 is 0. The third-order valence-corrected chi connectivity index (χ3v) is 6.27. The first-order chi connectivity index (χ1) is 12.1. The van der Waals surface area contributed by atoms with Crippen molar-refractivity contribution in [1.82, 2.24) is 9.80 Å². The second-order valence-electron chi connectivity index (χ2n) is 8.24. The lowest BCUT2D eigenvalue weighted by atomic mass is 9.79. The summed E-state index contributed by atoms with van der Waals surface area (Å²) in [5, 5.41) is 0. The van der Waals surface area contributed by atoms with Crippen molar-refractivity contribution in [3.05, 3.63) is 35.4 Å². The van der Waals surface area contributed by atoms with E-state index in [1.807, 2.05) is 36.1 Å². The van der Waals surface area contributed by atoms with Crippen LogP contribution in [-0.4, -0.2) is 47.8 Å². The minimum Gasteiger partial charge on any atom is -0.342 e. The van der Waals surface area contributed by atoms with Crippen LogP contribution in [0, 0.1) is 18.3 Å². The summed E-state index contributed by atoms with van der Waals surface area (Å²) in [6, 6.07) is 7.81. The summed E-state index contributed by atoms with van der Waals surface area (Å²) in [6.07, 6.45) is 6.24. The molecule has 0 N–H and O–H groups in total. The zero-order chi connectivity index (χ0) is 17.4. The minimum atomic E-state index is -0.198. The summed E-state index contributed by atoms with van der Waals surface area (Å²) in [5.74, 6) is 1.23. The maximum atomic E-state index is 13.0. The maximum Gasteiger partial charge on any atom is 0.253 e. The molecular formula is C21H28N2O2. The summed E-state index contributed by atoms with van der Waals surface area (Å²) in [5.41, 5.74) is 1.68. The molecule has 1 atom stereocenters. The Labute approximate surface area is 150 Å². The lowest BCUT2D eigenvalue weighted by Gasteiger charge is -2.27. The van der Waals surface area contributed by atoms with Gasteiger partial charge in [0.05, 0.1) is 5.41 Å². The highest BCUT2D eigenvalue weighted by molar-refractivity contribution is 5.94. The quantitative estimate of drug-likeness (QED) is 0.847. The molecule has 134 valence electrons. The Balaban J connectivity index is 1.43. The molecule has 3 fully saturated rings. The second kappa shape index (κ2) is 6.47. The standard InChI is InChI=1S/C21H28N2O2/c1-16-4-2-5-18(14-16)19(24)22-11-3-8-21(9-12-22)10-13-23(20(21)25)15-17-6-7-17/h2,4-5,14,17H,3,6-13,15H2,1H3/t21-/m0/s1. The first kappa shape index (κ1) is 16.6. The zero-order valence-corrected chi connectivity index (χ0v) is 15.2. The van der Waals surface area contributed by atoms with Crippen LogP contribution in [0.1, 0.15) is 54.4 Å². The number of likely N-dealkylation sites (tertiary alicyclic amines) is 2. The van der Waals surface area contributed by atoms with Crippen LogP contribution in [0.25, 0.3) is 0 Å². The number of amides is 2. The highest BCUT2D eigenvalue weighted by atomic mass is 16.2. The predicted molar refractivity (Wildman–Crippen MR) is 97.3 cm³/mol. The van der Waals surface area contributed by atoms with E-state index >= 15 is 0 Å². The fourth-order valence-electron chi connectivity index (χ4n) is 4.50. The molecule has 25 heavy (non-hydrogen) atoms. The van der Waals surface area contributed by atoms with Gasteiger partial charge < -0.3 is 9.80 Å². The maximum absolute atomic E-state index is 13.0. The molecule has 3 aliphatic rings. The lowest BCUT2D eigenvalue weighted by molar-refractivity contribution is -0.136. The molecule has 2 heterocycles. The van der Waals surface area contributed by atoms with Gasteiger partial charge in [0.2, 0.25) is 5.91 Å². The molecule has 0 bridgehead atoms. The summed E-state index contributed by atoms with van der Waals surface area (Å²) in [7, 11) is 0. The Bertz CT molecular complexity index is 682. The average molecular weight is 340 g/mol. The van der Waals surface area contributed by atoms with E-state index in [0.717, 1.165) is 62.4 Å². The largest absolute Gasteiger partial charge is 0.342 e. The van der Waals surface area contributed by atoms with E-state index in [1.165, 1.54) is 12.8 Å². The molecule has 1 aromatic rings. The van der Waals surface area contributed by atoms with Gasteiger partial charge in [-0.1, -0.05) is 17.7 Å². The van der Waals surface area contributed by atoms with E-state index < -0.39 is 0 Å². The topological polar surface area (TPSA) is 40.6 Å². The highest BCUT2D eigenvalue weighted by Gasteiger charge is 2.48. The fraction of sp³-hybridized carbons (Fsp3) is 0.619. The number of rotatable bonds is 3. The molecule has 1 aliphatic carbocycles. The molecular weight excluding hydrogens is 312 g/mol. The molecule has 1 spiro atoms. The van der Waals surface area contributed by atoms with Crippen LogP contribution in [0.4, 0.5) is 0 Å². The smallest absolute Gasteiger partial charge is 0.253 e. The number of carbonyl (C=O) groups excluding carboxylic acids is 2. The monoisotopic (exact) mass is 340 g/mol. The summed E-state index contributed by atoms with van der Waals surface area (Å²) in [4.78, 5) is 29.9. The van der Waals surface area contributed by atoms with Gasteiger partial charge >= 0.3 is 0 Å². The Kier molecular flexibility index (Phi) is 4.30. The summed E-state index contributed by atoms with van der Waals surface area (Å²) in [6.45, 7) is 5.37. The van der Waals surface area contributed by atoms with Crippen molar-refractivity contribution in [2.24, 2.45) is 11.3 Å². The van der Waals surface area contributed by atoms with Crippen molar-refractivity contribution in [2.75, 3.05) is 26.2 Å². The van der Waals surface area contributed by atoms with Crippen LogP contribution in [0.2, 0.25) is 0 Å². The summed E-state index contributed by atoms with van der Waals surface area (Å²) < 4.78 is 0. The third-order valence-electron chi connectivity index (χ3n) is 6.27. The number of carbonyl (C=O) groups is 2. The van der Waals surface area contributed by atoms with E-state index in [4.69, 9.17) is 0 Å². The second-order valence-corrected chi connectivity index (χ2v) is 8.24. The van der Waals surface area contributed by atoms with Crippen LogP contribution >= 0.6 is 0 Å².